The van der Waals surface area contributed by atoms with Gasteiger partial charge in [0.1, 0.15) is 13.1 Å². The lowest BCUT2D eigenvalue weighted by Crippen LogP contribution is -3.00. The highest BCUT2D eigenvalue weighted by Crippen LogP contribution is 2.08. The Morgan fingerprint density at radius 1 is 1.11 bits per heavy atom. The SMILES string of the molecule is CCCCCCCCCC(=O)NC(C)C(=O)NN=Cc1cc[n+](C)cc1.[I-]. The second-order valence-corrected chi connectivity index (χ2v) is 6.69. The number of hydrogen-bond acceptors (Lipinski definition) is 3. The minimum atomic E-state index is -0.599. The van der Waals surface area contributed by atoms with Gasteiger partial charge in [-0.2, -0.15) is 5.10 Å². The minimum absolute atomic E-state index is 0. The summed E-state index contributed by atoms with van der Waals surface area (Å²) < 4.78 is 1.92. The summed E-state index contributed by atoms with van der Waals surface area (Å²) in [6.07, 6.45) is 14.0. The van der Waals surface area contributed by atoms with Gasteiger partial charge in [0.2, 0.25) is 5.91 Å². The molecule has 1 aromatic heterocycles. The van der Waals surface area contributed by atoms with E-state index in [1.807, 2.05) is 36.1 Å². The predicted molar refractivity (Wildman–Crippen MR) is 104 cm³/mol. The van der Waals surface area contributed by atoms with Crippen molar-refractivity contribution in [2.75, 3.05) is 0 Å². The molecular weight excluding hydrogens is 455 g/mol. The molecule has 1 rings (SSSR count). The summed E-state index contributed by atoms with van der Waals surface area (Å²) in [5, 5.41) is 6.64. The van der Waals surface area contributed by atoms with E-state index in [0.717, 1.165) is 18.4 Å². The molecule has 1 heterocycles. The number of rotatable bonds is 12. The molecule has 2 amide bonds. The number of hydrazone groups is 1. The minimum Gasteiger partial charge on any atom is -1.00 e. The molecule has 0 aliphatic rings. The maximum atomic E-state index is 12.0. The molecule has 0 fully saturated rings. The monoisotopic (exact) mass is 488 g/mol. The van der Waals surface area contributed by atoms with Crippen molar-refractivity contribution >= 4 is 18.0 Å². The topological polar surface area (TPSA) is 74.4 Å². The first-order valence-corrected chi connectivity index (χ1v) is 9.60. The van der Waals surface area contributed by atoms with Gasteiger partial charge in [-0.05, 0) is 13.3 Å². The van der Waals surface area contributed by atoms with Gasteiger partial charge in [-0.15, -0.1) is 0 Å². The highest BCUT2D eigenvalue weighted by atomic mass is 127. The van der Waals surface area contributed by atoms with Gasteiger partial charge in [-0.25, -0.2) is 9.99 Å². The summed E-state index contributed by atoms with van der Waals surface area (Å²) in [6, 6.07) is 3.18. The van der Waals surface area contributed by atoms with Crippen LogP contribution in [0.3, 0.4) is 0 Å². The smallest absolute Gasteiger partial charge is 0.262 e. The number of nitrogens with zero attached hydrogens (tertiary/aromatic N) is 2. The van der Waals surface area contributed by atoms with E-state index in [1.54, 1.807) is 13.1 Å². The number of aryl methyl sites for hydroxylation is 1. The number of amides is 2. The number of aromatic nitrogens is 1. The second-order valence-electron chi connectivity index (χ2n) is 6.69. The van der Waals surface area contributed by atoms with Gasteiger partial charge < -0.3 is 29.3 Å². The molecule has 0 saturated heterocycles. The van der Waals surface area contributed by atoms with Crippen molar-refractivity contribution in [3.05, 3.63) is 30.1 Å². The van der Waals surface area contributed by atoms with Crippen molar-refractivity contribution in [2.24, 2.45) is 12.1 Å². The van der Waals surface area contributed by atoms with Gasteiger partial charge in [0.05, 0.1) is 6.21 Å². The van der Waals surface area contributed by atoms with Crippen LogP contribution in [-0.4, -0.2) is 24.1 Å². The van der Waals surface area contributed by atoms with Gasteiger partial charge in [0, 0.05) is 24.1 Å². The maximum Gasteiger partial charge on any atom is 0.262 e. The number of pyridine rings is 1. The molecule has 0 saturated carbocycles. The van der Waals surface area contributed by atoms with E-state index in [1.165, 1.54) is 32.1 Å². The van der Waals surface area contributed by atoms with Gasteiger partial charge in [-0.1, -0.05) is 45.4 Å². The summed E-state index contributed by atoms with van der Waals surface area (Å²) in [7, 11) is 1.93. The summed E-state index contributed by atoms with van der Waals surface area (Å²) in [4.78, 5) is 23.8. The lowest BCUT2D eigenvalue weighted by molar-refractivity contribution is -0.671. The molecule has 0 radical (unpaired) electrons. The molecule has 7 heteroatoms. The van der Waals surface area contributed by atoms with E-state index in [4.69, 9.17) is 0 Å². The summed E-state index contributed by atoms with van der Waals surface area (Å²) >= 11 is 0. The Morgan fingerprint density at radius 3 is 2.33 bits per heavy atom. The Labute approximate surface area is 180 Å². The fraction of sp³-hybridized carbons (Fsp3) is 0.600. The largest absolute Gasteiger partial charge is 1.00 e. The van der Waals surface area contributed by atoms with Crippen LogP contribution in [0.4, 0.5) is 0 Å². The maximum absolute atomic E-state index is 12.0. The normalized spacial score (nSPS) is 11.7. The number of unbranched alkanes of at least 4 members (excludes halogenated alkanes) is 6. The lowest BCUT2D eigenvalue weighted by atomic mass is 10.1. The number of carbonyl (C=O) groups excluding carboxylic acids is 2. The summed E-state index contributed by atoms with van der Waals surface area (Å²) in [6.45, 7) is 3.87. The first-order chi connectivity index (χ1) is 12.5. The van der Waals surface area contributed by atoms with E-state index in [9.17, 15) is 9.59 Å². The highest BCUT2D eigenvalue weighted by molar-refractivity contribution is 5.88. The van der Waals surface area contributed by atoms with Gasteiger partial charge in [0.25, 0.3) is 5.91 Å². The summed E-state index contributed by atoms with van der Waals surface area (Å²) in [5.41, 5.74) is 3.34. The fourth-order valence-electron chi connectivity index (χ4n) is 2.49. The average molecular weight is 488 g/mol. The zero-order chi connectivity index (χ0) is 19.2. The van der Waals surface area contributed by atoms with Crippen LogP contribution in [0.1, 0.15) is 70.8 Å². The molecule has 2 N–H and O–H groups in total. The van der Waals surface area contributed by atoms with Gasteiger partial charge in [-0.3, -0.25) is 9.59 Å². The van der Waals surface area contributed by atoms with Gasteiger partial charge in [0.15, 0.2) is 12.4 Å². The lowest BCUT2D eigenvalue weighted by Gasteiger charge is -2.12. The van der Waals surface area contributed by atoms with Gasteiger partial charge >= 0.3 is 0 Å². The van der Waals surface area contributed by atoms with Crippen LogP contribution in [0.25, 0.3) is 0 Å². The zero-order valence-corrected chi connectivity index (χ0v) is 18.9. The van der Waals surface area contributed by atoms with E-state index in [2.05, 4.69) is 22.8 Å². The Kier molecular flexibility index (Phi) is 14.7. The van der Waals surface area contributed by atoms with Crippen molar-refractivity contribution in [1.29, 1.82) is 0 Å². The molecule has 1 atom stereocenters. The Bertz CT molecular complexity index is 576. The zero-order valence-electron chi connectivity index (χ0n) is 16.7. The Balaban J connectivity index is 0.00000676. The molecule has 0 bridgehead atoms. The molecule has 6 nitrogen and oxygen atoms in total. The summed E-state index contributed by atoms with van der Waals surface area (Å²) in [5.74, 6) is -0.406. The molecule has 0 aliphatic carbocycles. The highest BCUT2D eigenvalue weighted by Gasteiger charge is 2.14. The molecule has 0 aromatic carbocycles. The molecular formula is C20H33IN4O2. The van der Waals surface area contributed by atoms with Crippen molar-refractivity contribution in [3.63, 3.8) is 0 Å². The van der Waals surface area contributed by atoms with Crippen LogP contribution in [0, 0.1) is 0 Å². The van der Waals surface area contributed by atoms with Crippen molar-refractivity contribution in [1.82, 2.24) is 10.7 Å². The van der Waals surface area contributed by atoms with E-state index >= 15 is 0 Å². The standard InChI is InChI=1S/C20H32N4O2.HI/c1-4-5-6-7-8-9-10-11-19(25)22-17(2)20(26)23-21-16-18-12-14-24(3)15-13-18;/h12-17H,4-11H2,1-3H3,(H,22,25);1H. The van der Waals surface area contributed by atoms with Crippen LogP contribution in [-0.2, 0) is 16.6 Å². The van der Waals surface area contributed by atoms with E-state index < -0.39 is 6.04 Å². The molecule has 0 aliphatic heterocycles. The van der Waals surface area contributed by atoms with Crippen molar-refractivity contribution in [2.45, 2.75) is 71.3 Å². The quantitative estimate of drug-likeness (QED) is 0.138. The van der Waals surface area contributed by atoms with E-state index in [-0.39, 0.29) is 35.8 Å². The molecule has 27 heavy (non-hydrogen) atoms. The Morgan fingerprint density at radius 2 is 1.70 bits per heavy atom. The third kappa shape index (κ3) is 12.5. The van der Waals surface area contributed by atoms with E-state index in [0.29, 0.717) is 6.42 Å². The van der Waals surface area contributed by atoms with Crippen LogP contribution in [0.2, 0.25) is 0 Å². The molecule has 0 spiro atoms. The number of halogens is 1. The molecule has 1 unspecified atom stereocenters. The average Bonchev–Trinajstić information content (AvgIpc) is 2.62. The van der Waals surface area contributed by atoms with Crippen LogP contribution < -0.4 is 39.3 Å². The van der Waals surface area contributed by atoms with Crippen LogP contribution in [0.5, 0.6) is 0 Å². The fourth-order valence-corrected chi connectivity index (χ4v) is 2.49. The van der Waals surface area contributed by atoms with Crippen molar-refractivity contribution in [3.8, 4) is 0 Å². The predicted octanol–water partition coefficient (Wildman–Crippen LogP) is -0.389. The third-order valence-electron chi connectivity index (χ3n) is 4.17. The van der Waals surface area contributed by atoms with Crippen LogP contribution >= 0.6 is 0 Å². The third-order valence-corrected chi connectivity index (χ3v) is 4.17. The molecule has 1 aromatic rings. The van der Waals surface area contributed by atoms with Crippen molar-refractivity contribution < 1.29 is 38.1 Å². The first-order valence-electron chi connectivity index (χ1n) is 9.60. The first kappa shape index (κ1) is 25.5. The second kappa shape index (κ2) is 15.5. The number of carbonyl (C=O) groups is 2. The molecule has 152 valence electrons. The van der Waals surface area contributed by atoms with Crippen LogP contribution in [0.15, 0.2) is 29.6 Å². The number of nitrogens with one attached hydrogen (secondary N) is 2. The Hall–Kier alpha value is -1.51. The number of hydrogen-bond donors (Lipinski definition) is 2.